The molecule has 0 saturated heterocycles. The van der Waals surface area contributed by atoms with Gasteiger partial charge in [-0.25, -0.2) is 0 Å². The molecule has 26 heavy (non-hydrogen) atoms. The number of rotatable bonds is 7. The molecule has 8 heteroatoms. The van der Waals surface area contributed by atoms with Crippen LogP contribution >= 0.6 is 12.2 Å². The number of ether oxygens (including phenoxy) is 2. The first-order valence-corrected chi connectivity index (χ1v) is 8.33. The van der Waals surface area contributed by atoms with E-state index in [4.69, 9.17) is 21.7 Å². The summed E-state index contributed by atoms with van der Waals surface area (Å²) in [7, 11) is 1.61. The topological polar surface area (TPSA) is 81.2 Å². The maximum atomic E-state index is 12.0. The van der Waals surface area contributed by atoms with Gasteiger partial charge in [0, 0.05) is 5.69 Å². The van der Waals surface area contributed by atoms with Gasteiger partial charge in [0.05, 0.1) is 13.7 Å². The van der Waals surface area contributed by atoms with Gasteiger partial charge >= 0.3 is 0 Å². The minimum atomic E-state index is -0.246. The van der Waals surface area contributed by atoms with Crippen LogP contribution in [0.2, 0.25) is 0 Å². The number of aromatic amines is 1. The van der Waals surface area contributed by atoms with Crippen molar-refractivity contribution in [2.45, 2.75) is 6.54 Å². The molecule has 134 valence electrons. The van der Waals surface area contributed by atoms with Gasteiger partial charge in [-0.2, -0.15) is 5.10 Å². The van der Waals surface area contributed by atoms with Gasteiger partial charge in [0.25, 0.3) is 5.91 Å². The molecule has 0 saturated carbocycles. The van der Waals surface area contributed by atoms with Crippen molar-refractivity contribution in [2.75, 3.05) is 13.7 Å². The van der Waals surface area contributed by atoms with Crippen LogP contribution in [0.3, 0.4) is 0 Å². The summed E-state index contributed by atoms with van der Waals surface area (Å²) in [5.74, 6) is 1.73. The molecular formula is C18H18N4O3S. The molecule has 2 N–H and O–H groups in total. The quantitative estimate of drug-likeness (QED) is 0.625. The molecular weight excluding hydrogens is 352 g/mol. The second-order valence-corrected chi connectivity index (χ2v) is 5.74. The highest BCUT2D eigenvalue weighted by atomic mass is 32.1. The van der Waals surface area contributed by atoms with E-state index in [0.29, 0.717) is 16.3 Å². The summed E-state index contributed by atoms with van der Waals surface area (Å²) in [6.45, 7) is 0.147. The van der Waals surface area contributed by atoms with Gasteiger partial charge in [-0.3, -0.25) is 14.5 Å². The number of para-hydroxylation sites is 1. The van der Waals surface area contributed by atoms with E-state index in [9.17, 15) is 4.79 Å². The molecule has 0 radical (unpaired) electrons. The van der Waals surface area contributed by atoms with Crippen LogP contribution in [0.5, 0.6) is 11.5 Å². The second-order valence-electron chi connectivity index (χ2n) is 5.36. The van der Waals surface area contributed by atoms with Crippen molar-refractivity contribution in [2.24, 2.45) is 0 Å². The fourth-order valence-corrected chi connectivity index (χ4v) is 2.60. The maximum Gasteiger partial charge on any atom is 0.258 e. The molecule has 0 bridgehead atoms. The summed E-state index contributed by atoms with van der Waals surface area (Å²) in [6.07, 6.45) is 0. The standard InChI is InChI=1S/C18H18N4O3S/c1-24-14-9-7-13(8-10-14)22-16(20-21-18(22)26)11-19-17(23)12-25-15-5-3-2-4-6-15/h2-10H,11-12H2,1H3,(H,19,23)(H,21,26). The highest BCUT2D eigenvalue weighted by molar-refractivity contribution is 7.71. The number of benzene rings is 2. The van der Waals surface area contributed by atoms with Crippen molar-refractivity contribution in [3.05, 3.63) is 65.2 Å². The normalized spacial score (nSPS) is 10.3. The summed E-state index contributed by atoms with van der Waals surface area (Å²) in [4.78, 5) is 12.0. The van der Waals surface area contributed by atoms with E-state index in [1.165, 1.54) is 0 Å². The number of amides is 1. The maximum absolute atomic E-state index is 12.0. The Hall–Kier alpha value is -3.13. The third-order valence-electron chi connectivity index (χ3n) is 3.63. The van der Waals surface area contributed by atoms with Crippen LogP contribution < -0.4 is 14.8 Å². The molecule has 3 rings (SSSR count). The Labute approximate surface area is 155 Å². The molecule has 2 aromatic carbocycles. The fraction of sp³-hybridized carbons (Fsp3) is 0.167. The molecule has 1 aromatic heterocycles. The van der Waals surface area contributed by atoms with Crippen LogP contribution in [-0.4, -0.2) is 34.4 Å². The molecule has 0 aliphatic carbocycles. The Morgan fingerprint density at radius 2 is 1.88 bits per heavy atom. The first kappa shape index (κ1) is 17.7. The van der Waals surface area contributed by atoms with Crippen LogP contribution in [0, 0.1) is 4.77 Å². The van der Waals surface area contributed by atoms with E-state index in [-0.39, 0.29) is 19.1 Å². The predicted molar refractivity (Wildman–Crippen MR) is 99.1 cm³/mol. The van der Waals surface area contributed by atoms with Gasteiger partial charge in [-0.05, 0) is 48.6 Å². The fourth-order valence-electron chi connectivity index (χ4n) is 2.34. The van der Waals surface area contributed by atoms with E-state index in [1.807, 2.05) is 42.5 Å². The summed E-state index contributed by atoms with van der Waals surface area (Å²) in [5.41, 5.74) is 0.828. The SMILES string of the molecule is COc1ccc(-n2c(CNC(=O)COc3ccccc3)n[nH]c2=S)cc1. The average Bonchev–Trinajstić information content (AvgIpc) is 3.06. The Kier molecular flexibility index (Phi) is 5.65. The van der Waals surface area contributed by atoms with Crippen LogP contribution in [0.1, 0.15) is 5.82 Å². The van der Waals surface area contributed by atoms with Crippen LogP contribution in [-0.2, 0) is 11.3 Å². The lowest BCUT2D eigenvalue weighted by molar-refractivity contribution is -0.123. The van der Waals surface area contributed by atoms with Crippen molar-refractivity contribution < 1.29 is 14.3 Å². The first-order chi connectivity index (χ1) is 12.7. The number of carbonyl (C=O) groups is 1. The zero-order chi connectivity index (χ0) is 18.4. The van der Waals surface area contributed by atoms with Gasteiger partial charge in [-0.15, -0.1) is 0 Å². The summed E-state index contributed by atoms with van der Waals surface area (Å²) in [5, 5.41) is 9.71. The van der Waals surface area contributed by atoms with Gasteiger partial charge in [-0.1, -0.05) is 18.2 Å². The Morgan fingerprint density at radius 1 is 1.15 bits per heavy atom. The molecule has 0 fully saturated rings. The lowest BCUT2D eigenvalue weighted by atomic mass is 10.3. The number of nitrogens with one attached hydrogen (secondary N) is 2. The number of aromatic nitrogens is 3. The molecule has 0 spiro atoms. The molecule has 0 atom stereocenters. The second kappa shape index (κ2) is 8.30. The van der Waals surface area contributed by atoms with Gasteiger partial charge < -0.3 is 14.8 Å². The number of carbonyl (C=O) groups excluding carboxylic acids is 1. The third-order valence-corrected chi connectivity index (χ3v) is 3.90. The molecule has 1 heterocycles. The van der Waals surface area contributed by atoms with E-state index >= 15 is 0 Å². The molecule has 3 aromatic rings. The summed E-state index contributed by atoms with van der Waals surface area (Å²) in [6, 6.07) is 16.6. The predicted octanol–water partition coefficient (Wildman–Crippen LogP) is 2.63. The minimum Gasteiger partial charge on any atom is -0.497 e. The smallest absolute Gasteiger partial charge is 0.258 e. The largest absolute Gasteiger partial charge is 0.497 e. The number of hydrogen-bond acceptors (Lipinski definition) is 5. The van der Waals surface area contributed by atoms with Crippen molar-refractivity contribution in [3.63, 3.8) is 0 Å². The zero-order valence-electron chi connectivity index (χ0n) is 14.1. The molecule has 7 nitrogen and oxygen atoms in total. The van der Waals surface area contributed by atoms with Crippen molar-refractivity contribution in [1.29, 1.82) is 0 Å². The van der Waals surface area contributed by atoms with E-state index in [1.54, 1.807) is 23.8 Å². The molecule has 0 aliphatic rings. The lowest BCUT2D eigenvalue weighted by Gasteiger charge is -2.09. The number of hydrogen-bond donors (Lipinski definition) is 2. The first-order valence-electron chi connectivity index (χ1n) is 7.92. The Balaban J connectivity index is 1.63. The Bertz CT molecular complexity index is 920. The van der Waals surface area contributed by atoms with Crippen LogP contribution in [0.25, 0.3) is 5.69 Å². The lowest BCUT2D eigenvalue weighted by Crippen LogP contribution is -2.29. The van der Waals surface area contributed by atoms with Gasteiger partial charge in [0.1, 0.15) is 11.5 Å². The highest BCUT2D eigenvalue weighted by Crippen LogP contribution is 2.16. The van der Waals surface area contributed by atoms with E-state index in [0.717, 1.165) is 11.4 Å². The Morgan fingerprint density at radius 3 is 2.58 bits per heavy atom. The number of nitrogens with zero attached hydrogens (tertiary/aromatic N) is 2. The van der Waals surface area contributed by atoms with Crippen LogP contribution in [0.15, 0.2) is 54.6 Å². The summed E-state index contributed by atoms with van der Waals surface area (Å²) < 4.78 is 12.8. The van der Waals surface area contributed by atoms with E-state index < -0.39 is 0 Å². The summed E-state index contributed by atoms with van der Waals surface area (Å²) >= 11 is 5.29. The molecule has 0 unspecified atom stereocenters. The zero-order valence-corrected chi connectivity index (χ0v) is 15.0. The number of methoxy groups -OCH3 is 1. The van der Waals surface area contributed by atoms with Crippen molar-refractivity contribution >= 4 is 18.1 Å². The van der Waals surface area contributed by atoms with Gasteiger partial charge in [0.2, 0.25) is 0 Å². The van der Waals surface area contributed by atoms with E-state index in [2.05, 4.69) is 15.5 Å². The highest BCUT2D eigenvalue weighted by Gasteiger charge is 2.10. The van der Waals surface area contributed by atoms with Crippen LogP contribution in [0.4, 0.5) is 0 Å². The molecule has 1 amide bonds. The van der Waals surface area contributed by atoms with Gasteiger partial charge in [0.15, 0.2) is 17.2 Å². The van der Waals surface area contributed by atoms with Crippen molar-refractivity contribution in [3.8, 4) is 17.2 Å². The van der Waals surface area contributed by atoms with Crippen molar-refractivity contribution in [1.82, 2.24) is 20.1 Å². The average molecular weight is 370 g/mol. The third kappa shape index (κ3) is 4.28. The monoisotopic (exact) mass is 370 g/mol. The minimum absolute atomic E-state index is 0.0717. The molecule has 0 aliphatic heterocycles. The number of H-pyrrole nitrogens is 1.